The van der Waals surface area contributed by atoms with Gasteiger partial charge in [-0.1, -0.05) is 13.3 Å². The van der Waals surface area contributed by atoms with Crippen molar-refractivity contribution in [3.8, 4) is 0 Å². The van der Waals surface area contributed by atoms with Crippen molar-refractivity contribution in [2.24, 2.45) is 5.92 Å². The molecule has 0 radical (unpaired) electrons. The van der Waals surface area contributed by atoms with Crippen LogP contribution in [0, 0.1) is 5.92 Å². The molecule has 0 amide bonds. The summed E-state index contributed by atoms with van der Waals surface area (Å²) in [7, 11) is -1.41. The minimum absolute atomic E-state index is 0.116. The Morgan fingerprint density at radius 3 is 2.50 bits per heavy atom. The van der Waals surface area contributed by atoms with Crippen molar-refractivity contribution in [2.45, 2.75) is 58.0 Å². The lowest BCUT2D eigenvalue weighted by Gasteiger charge is -2.42. The molecule has 3 unspecified atom stereocenters. The first-order chi connectivity index (χ1) is 9.46. The molecule has 0 aromatic rings. The van der Waals surface area contributed by atoms with Crippen LogP contribution in [0.2, 0.25) is 0 Å². The van der Waals surface area contributed by atoms with Gasteiger partial charge < -0.3 is 5.32 Å². The molecule has 20 heavy (non-hydrogen) atoms. The second-order valence-electron chi connectivity index (χ2n) is 6.42. The van der Waals surface area contributed by atoms with E-state index in [1.807, 2.05) is 14.0 Å². The van der Waals surface area contributed by atoms with E-state index in [0.29, 0.717) is 19.0 Å². The number of rotatable bonds is 4. The molecule has 0 spiro atoms. The largest absolute Gasteiger partial charge is 0.318 e. The number of hydrogen-bond donors (Lipinski definition) is 1. The van der Waals surface area contributed by atoms with Crippen LogP contribution in [-0.4, -0.2) is 55.8 Å². The van der Waals surface area contributed by atoms with Gasteiger partial charge in [0.05, 0.1) is 0 Å². The topological polar surface area (TPSA) is 52.7 Å². The van der Waals surface area contributed by atoms with Crippen molar-refractivity contribution in [2.75, 3.05) is 26.7 Å². The smallest absolute Gasteiger partial charge is 0.282 e. The Morgan fingerprint density at radius 2 is 1.85 bits per heavy atom. The predicted octanol–water partition coefficient (Wildman–Crippen LogP) is 1.43. The van der Waals surface area contributed by atoms with Crippen molar-refractivity contribution in [3.05, 3.63) is 0 Å². The standard InChI is InChI=1S/C14H29N3O2S/c1-12-7-9-16(13(2)10-12)20(18,19)17-8-5-4-6-14(17)11-15-3/h12-15H,4-11H2,1-3H3. The third-order valence-electron chi connectivity index (χ3n) is 4.68. The Labute approximate surface area is 123 Å². The SMILES string of the molecule is CNCC1CCCCN1S(=O)(=O)N1CCC(C)CC1C. The Hall–Kier alpha value is -0.170. The van der Waals surface area contributed by atoms with E-state index in [0.717, 1.165) is 38.6 Å². The monoisotopic (exact) mass is 303 g/mol. The average molecular weight is 303 g/mol. The van der Waals surface area contributed by atoms with Gasteiger partial charge in [-0.2, -0.15) is 17.0 Å². The molecule has 2 rings (SSSR count). The number of nitrogens with zero attached hydrogens (tertiary/aromatic N) is 2. The lowest BCUT2D eigenvalue weighted by Crippen LogP contribution is -2.56. The van der Waals surface area contributed by atoms with Gasteiger partial charge in [0.2, 0.25) is 0 Å². The van der Waals surface area contributed by atoms with Crippen LogP contribution in [0.5, 0.6) is 0 Å². The lowest BCUT2D eigenvalue weighted by molar-refractivity contribution is 0.181. The van der Waals surface area contributed by atoms with E-state index in [9.17, 15) is 8.42 Å². The van der Waals surface area contributed by atoms with Gasteiger partial charge >= 0.3 is 0 Å². The number of nitrogens with one attached hydrogen (secondary N) is 1. The van der Waals surface area contributed by atoms with Gasteiger partial charge in [0.15, 0.2) is 0 Å². The van der Waals surface area contributed by atoms with E-state index in [-0.39, 0.29) is 12.1 Å². The molecule has 3 atom stereocenters. The highest BCUT2D eigenvalue weighted by Crippen LogP contribution is 2.29. The molecule has 1 N–H and O–H groups in total. The van der Waals surface area contributed by atoms with Crippen molar-refractivity contribution in [1.29, 1.82) is 0 Å². The van der Waals surface area contributed by atoms with E-state index in [1.165, 1.54) is 0 Å². The van der Waals surface area contributed by atoms with Crippen molar-refractivity contribution < 1.29 is 8.42 Å². The van der Waals surface area contributed by atoms with Crippen LogP contribution in [0.15, 0.2) is 0 Å². The van der Waals surface area contributed by atoms with E-state index in [1.54, 1.807) is 8.61 Å². The zero-order valence-electron chi connectivity index (χ0n) is 13.0. The van der Waals surface area contributed by atoms with Crippen LogP contribution in [-0.2, 0) is 10.2 Å². The molecule has 0 aromatic heterocycles. The van der Waals surface area contributed by atoms with Crippen LogP contribution < -0.4 is 5.32 Å². The van der Waals surface area contributed by atoms with Crippen LogP contribution in [0.4, 0.5) is 0 Å². The first kappa shape index (κ1) is 16.2. The Bertz CT molecular complexity index is 411. The molecule has 5 nitrogen and oxygen atoms in total. The summed E-state index contributed by atoms with van der Waals surface area (Å²) < 4.78 is 29.4. The summed E-state index contributed by atoms with van der Waals surface area (Å²) in [6, 6.07) is 0.242. The molecule has 0 saturated carbocycles. The summed E-state index contributed by atoms with van der Waals surface area (Å²) >= 11 is 0. The Kier molecular flexibility index (Phi) is 5.45. The molecular formula is C14H29N3O2S. The second-order valence-corrected chi connectivity index (χ2v) is 8.25. The van der Waals surface area contributed by atoms with Crippen molar-refractivity contribution in [3.63, 3.8) is 0 Å². The quantitative estimate of drug-likeness (QED) is 0.855. The highest BCUT2D eigenvalue weighted by atomic mass is 32.2. The van der Waals surface area contributed by atoms with E-state index < -0.39 is 10.2 Å². The fourth-order valence-electron chi connectivity index (χ4n) is 3.58. The minimum Gasteiger partial charge on any atom is -0.318 e. The van der Waals surface area contributed by atoms with E-state index in [4.69, 9.17) is 0 Å². The van der Waals surface area contributed by atoms with E-state index in [2.05, 4.69) is 12.2 Å². The van der Waals surface area contributed by atoms with Gasteiger partial charge in [0.1, 0.15) is 0 Å². The zero-order chi connectivity index (χ0) is 14.8. The van der Waals surface area contributed by atoms with Gasteiger partial charge in [-0.25, -0.2) is 0 Å². The van der Waals surface area contributed by atoms with Crippen LogP contribution >= 0.6 is 0 Å². The Balaban J connectivity index is 2.15. The minimum atomic E-state index is -3.30. The molecule has 2 saturated heterocycles. The van der Waals surface area contributed by atoms with Crippen LogP contribution in [0.25, 0.3) is 0 Å². The molecule has 2 aliphatic rings. The summed E-state index contributed by atoms with van der Waals surface area (Å²) in [5.41, 5.74) is 0. The maximum absolute atomic E-state index is 13.0. The Morgan fingerprint density at radius 1 is 1.10 bits per heavy atom. The molecular weight excluding hydrogens is 274 g/mol. The van der Waals surface area contributed by atoms with Crippen LogP contribution in [0.3, 0.4) is 0 Å². The third-order valence-corrected chi connectivity index (χ3v) is 6.89. The summed E-state index contributed by atoms with van der Waals surface area (Å²) in [5.74, 6) is 0.630. The molecule has 118 valence electrons. The third kappa shape index (κ3) is 3.35. The molecule has 2 aliphatic heterocycles. The highest BCUT2D eigenvalue weighted by molar-refractivity contribution is 7.86. The first-order valence-electron chi connectivity index (χ1n) is 7.90. The van der Waals surface area contributed by atoms with Gasteiger partial charge in [0, 0.05) is 31.7 Å². The summed E-state index contributed by atoms with van der Waals surface area (Å²) in [5, 5.41) is 3.14. The van der Waals surface area contributed by atoms with Gasteiger partial charge in [-0.3, -0.25) is 0 Å². The molecule has 0 bridgehead atoms. The van der Waals surface area contributed by atoms with Gasteiger partial charge in [-0.05, 0) is 45.6 Å². The first-order valence-corrected chi connectivity index (χ1v) is 9.29. The van der Waals surface area contributed by atoms with Gasteiger partial charge in [-0.15, -0.1) is 0 Å². The fraction of sp³-hybridized carbons (Fsp3) is 1.00. The highest BCUT2D eigenvalue weighted by Gasteiger charge is 2.39. The predicted molar refractivity (Wildman–Crippen MR) is 81.8 cm³/mol. The molecule has 2 heterocycles. The van der Waals surface area contributed by atoms with Crippen molar-refractivity contribution >= 4 is 10.2 Å². The van der Waals surface area contributed by atoms with Crippen molar-refractivity contribution in [1.82, 2.24) is 13.9 Å². The summed E-state index contributed by atoms with van der Waals surface area (Å²) in [4.78, 5) is 0. The molecule has 0 aliphatic carbocycles. The summed E-state index contributed by atoms with van der Waals surface area (Å²) in [6.45, 7) is 6.36. The number of likely N-dealkylation sites (N-methyl/N-ethyl adjacent to an activating group) is 1. The average Bonchev–Trinajstić information content (AvgIpc) is 2.39. The maximum atomic E-state index is 13.0. The zero-order valence-corrected chi connectivity index (χ0v) is 13.8. The molecule has 0 aromatic carbocycles. The summed E-state index contributed by atoms with van der Waals surface area (Å²) in [6.07, 6.45) is 5.04. The molecule has 6 heteroatoms. The number of piperidine rings is 2. The fourth-order valence-corrected chi connectivity index (χ4v) is 5.64. The van der Waals surface area contributed by atoms with Gasteiger partial charge in [0.25, 0.3) is 10.2 Å². The maximum Gasteiger partial charge on any atom is 0.282 e. The van der Waals surface area contributed by atoms with E-state index >= 15 is 0 Å². The number of hydrogen-bond acceptors (Lipinski definition) is 3. The second kappa shape index (κ2) is 6.73. The van der Waals surface area contributed by atoms with Crippen LogP contribution in [0.1, 0.15) is 46.0 Å². The lowest BCUT2D eigenvalue weighted by atomic mass is 9.95. The normalized spacial score (nSPS) is 34.2. The molecule has 2 fully saturated rings.